The maximum atomic E-state index is 10.9. The van der Waals surface area contributed by atoms with E-state index in [0.717, 1.165) is 5.56 Å². The van der Waals surface area contributed by atoms with Gasteiger partial charge in [0, 0.05) is 6.07 Å². The van der Waals surface area contributed by atoms with Crippen LogP contribution in [0.25, 0.3) is 0 Å². The first-order valence-electron chi connectivity index (χ1n) is 5.58. The third-order valence-corrected chi connectivity index (χ3v) is 2.69. The van der Waals surface area contributed by atoms with Crippen molar-refractivity contribution >= 4 is 11.4 Å². The fourth-order valence-corrected chi connectivity index (χ4v) is 1.54. The molecule has 0 saturated carbocycles. The summed E-state index contributed by atoms with van der Waals surface area (Å²) in [4.78, 5) is 10.5. The lowest BCUT2D eigenvalue weighted by atomic mass is 10.0. The summed E-state index contributed by atoms with van der Waals surface area (Å²) in [6.45, 7) is 5.66. The van der Waals surface area contributed by atoms with E-state index in [1.54, 1.807) is 6.07 Å². The third-order valence-electron chi connectivity index (χ3n) is 2.69. The van der Waals surface area contributed by atoms with Crippen LogP contribution >= 0.6 is 0 Å². The molecule has 1 aromatic rings. The Morgan fingerprint density at radius 1 is 1.47 bits per heavy atom. The Hall–Kier alpha value is -1.62. The van der Waals surface area contributed by atoms with Crippen molar-refractivity contribution in [3.63, 3.8) is 0 Å². The molecule has 5 heteroatoms. The fraction of sp³-hybridized carbons (Fsp3) is 0.500. The fourth-order valence-electron chi connectivity index (χ4n) is 1.54. The molecule has 2 N–H and O–H groups in total. The third kappa shape index (κ3) is 3.42. The van der Waals surface area contributed by atoms with Crippen molar-refractivity contribution in [1.29, 1.82) is 0 Å². The van der Waals surface area contributed by atoms with Crippen LogP contribution in [0.15, 0.2) is 18.2 Å². The highest BCUT2D eigenvalue weighted by Crippen LogP contribution is 2.26. The van der Waals surface area contributed by atoms with E-state index in [1.807, 2.05) is 26.8 Å². The monoisotopic (exact) mass is 238 g/mol. The lowest BCUT2D eigenvalue weighted by molar-refractivity contribution is -0.384. The number of rotatable bonds is 5. The van der Waals surface area contributed by atoms with Crippen LogP contribution in [0, 0.1) is 23.0 Å². The average Bonchev–Trinajstić information content (AvgIpc) is 2.26. The van der Waals surface area contributed by atoms with E-state index in [-0.39, 0.29) is 24.3 Å². The van der Waals surface area contributed by atoms with E-state index < -0.39 is 4.92 Å². The molecular formula is C12H18N2O3. The van der Waals surface area contributed by atoms with Crippen molar-refractivity contribution in [2.75, 3.05) is 11.9 Å². The standard InChI is InChI=1S/C12H18N2O3/c1-8(2)11(7-15)13-10-5-4-9(3)6-12(10)14(16)17/h4-6,8,11,13,15H,7H2,1-3H3/t11-/m1/s1. The van der Waals surface area contributed by atoms with E-state index in [1.165, 1.54) is 6.07 Å². The van der Waals surface area contributed by atoms with Crippen LogP contribution < -0.4 is 5.32 Å². The number of anilines is 1. The van der Waals surface area contributed by atoms with Gasteiger partial charge in [0.15, 0.2) is 0 Å². The molecule has 5 nitrogen and oxygen atoms in total. The number of hydrogen-bond acceptors (Lipinski definition) is 4. The normalized spacial score (nSPS) is 12.5. The molecule has 0 aromatic heterocycles. The molecule has 1 atom stereocenters. The van der Waals surface area contributed by atoms with Crippen molar-refractivity contribution in [3.05, 3.63) is 33.9 Å². The minimum atomic E-state index is -0.413. The van der Waals surface area contributed by atoms with E-state index in [2.05, 4.69) is 5.32 Å². The van der Waals surface area contributed by atoms with Gasteiger partial charge in [-0.05, 0) is 24.5 Å². The van der Waals surface area contributed by atoms with E-state index in [9.17, 15) is 15.2 Å². The molecule has 94 valence electrons. The second kappa shape index (κ2) is 5.63. The first-order chi connectivity index (χ1) is 7.95. The molecule has 0 aliphatic heterocycles. The molecule has 0 saturated heterocycles. The van der Waals surface area contributed by atoms with Gasteiger partial charge in [0.1, 0.15) is 5.69 Å². The zero-order chi connectivity index (χ0) is 13.0. The second-order valence-corrected chi connectivity index (χ2v) is 4.46. The predicted molar refractivity (Wildman–Crippen MR) is 67.2 cm³/mol. The van der Waals surface area contributed by atoms with Gasteiger partial charge >= 0.3 is 0 Å². The van der Waals surface area contributed by atoms with Crippen LogP contribution in [0.4, 0.5) is 11.4 Å². The van der Waals surface area contributed by atoms with Crippen molar-refractivity contribution in [1.82, 2.24) is 0 Å². The summed E-state index contributed by atoms with van der Waals surface area (Å²) >= 11 is 0. The molecule has 0 bridgehead atoms. The Balaban J connectivity index is 3.01. The number of aliphatic hydroxyl groups excluding tert-OH is 1. The van der Waals surface area contributed by atoms with Gasteiger partial charge < -0.3 is 10.4 Å². The Bertz CT molecular complexity index is 405. The maximum Gasteiger partial charge on any atom is 0.292 e. The summed E-state index contributed by atoms with van der Waals surface area (Å²) in [6.07, 6.45) is 0. The lowest BCUT2D eigenvalue weighted by Gasteiger charge is -2.21. The topological polar surface area (TPSA) is 75.4 Å². The van der Waals surface area contributed by atoms with Gasteiger partial charge in [0.05, 0.1) is 17.6 Å². The van der Waals surface area contributed by atoms with Crippen LogP contribution in [-0.2, 0) is 0 Å². The second-order valence-electron chi connectivity index (χ2n) is 4.46. The van der Waals surface area contributed by atoms with Gasteiger partial charge in [0.25, 0.3) is 5.69 Å². The number of aliphatic hydroxyl groups is 1. The molecule has 17 heavy (non-hydrogen) atoms. The van der Waals surface area contributed by atoms with Gasteiger partial charge in [-0.2, -0.15) is 0 Å². The summed E-state index contributed by atoms with van der Waals surface area (Å²) in [5, 5.41) is 23.1. The summed E-state index contributed by atoms with van der Waals surface area (Å²) in [6, 6.07) is 4.83. The van der Waals surface area contributed by atoms with Crippen LogP contribution in [0.1, 0.15) is 19.4 Å². The summed E-state index contributed by atoms with van der Waals surface area (Å²) in [7, 11) is 0. The lowest BCUT2D eigenvalue weighted by Crippen LogP contribution is -2.29. The van der Waals surface area contributed by atoms with Gasteiger partial charge in [-0.25, -0.2) is 0 Å². The highest BCUT2D eigenvalue weighted by atomic mass is 16.6. The van der Waals surface area contributed by atoms with Crippen LogP contribution in [0.5, 0.6) is 0 Å². The van der Waals surface area contributed by atoms with Crippen LogP contribution in [0.2, 0.25) is 0 Å². The highest BCUT2D eigenvalue weighted by Gasteiger charge is 2.18. The Labute approximate surface area is 101 Å². The number of nitrogens with one attached hydrogen (secondary N) is 1. The van der Waals surface area contributed by atoms with E-state index >= 15 is 0 Å². The summed E-state index contributed by atoms with van der Waals surface area (Å²) < 4.78 is 0. The smallest absolute Gasteiger partial charge is 0.292 e. The zero-order valence-electron chi connectivity index (χ0n) is 10.3. The molecule has 0 aliphatic rings. The van der Waals surface area contributed by atoms with Crippen LogP contribution in [0.3, 0.4) is 0 Å². The molecule has 0 aliphatic carbocycles. The number of nitro groups is 1. The quantitative estimate of drug-likeness (QED) is 0.609. The molecule has 0 heterocycles. The number of nitrogens with zero attached hydrogens (tertiary/aromatic N) is 1. The van der Waals surface area contributed by atoms with E-state index in [4.69, 9.17) is 0 Å². The molecule has 0 amide bonds. The predicted octanol–water partition coefficient (Wildman–Crippen LogP) is 2.33. The Morgan fingerprint density at radius 3 is 2.59 bits per heavy atom. The SMILES string of the molecule is Cc1ccc(N[C@H](CO)C(C)C)c([N+](=O)[O-])c1. The van der Waals surface area contributed by atoms with Crippen LogP contribution in [-0.4, -0.2) is 22.7 Å². The average molecular weight is 238 g/mol. The Morgan fingerprint density at radius 2 is 2.12 bits per heavy atom. The minimum absolute atomic E-state index is 0.0455. The number of hydrogen-bond donors (Lipinski definition) is 2. The number of nitro benzene ring substituents is 1. The van der Waals surface area contributed by atoms with Gasteiger partial charge in [-0.3, -0.25) is 10.1 Å². The maximum absolute atomic E-state index is 10.9. The van der Waals surface area contributed by atoms with Crippen molar-refractivity contribution in [2.24, 2.45) is 5.92 Å². The molecule has 0 spiro atoms. The number of benzene rings is 1. The molecule has 1 rings (SSSR count). The molecule has 0 radical (unpaired) electrons. The molecule has 0 unspecified atom stereocenters. The Kier molecular flexibility index (Phi) is 4.45. The first kappa shape index (κ1) is 13.4. The minimum Gasteiger partial charge on any atom is -0.394 e. The zero-order valence-corrected chi connectivity index (χ0v) is 10.3. The van der Waals surface area contributed by atoms with Gasteiger partial charge in [-0.1, -0.05) is 19.9 Å². The van der Waals surface area contributed by atoms with Crippen molar-refractivity contribution in [3.8, 4) is 0 Å². The van der Waals surface area contributed by atoms with Gasteiger partial charge in [-0.15, -0.1) is 0 Å². The summed E-state index contributed by atoms with van der Waals surface area (Å²) in [5.74, 6) is 0.195. The van der Waals surface area contributed by atoms with E-state index in [0.29, 0.717) is 5.69 Å². The van der Waals surface area contributed by atoms with Crippen molar-refractivity contribution < 1.29 is 10.0 Å². The largest absolute Gasteiger partial charge is 0.394 e. The first-order valence-corrected chi connectivity index (χ1v) is 5.58. The molecular weight excluding hydrogens is 220 g/mol. The highest BCUT2D eigenvalue weighted by molar-refractivity contribution is 5.63. The van der Waals surface area contributed by atoms with Crippen molar-refractivity contribution in [2.45, 2.75) is 26.8 Å². The molecule has 1 aromatic carbocycles. The summed E-state index contributed by atoms with van der Waals surface area (Å²) in [5.41, 5.74) is 1.34. The van der Waals surface area contributed by atoms with Gasteiger partial charge in [0.2, 0.25) is 0 Å². The number of aryl methyl sites for hydroxylation is 1. The molecule has 0 fully saturated rings.